The number of unbranched alkanes of at least 4 members (excludes halogenated alkanes) is 2. The molecule has 4 aromatic rings. The summed E-state index contributed by atoms with van der Waals surface area (Å²) in [5, 5.41) is 9.98. The molecule has 41 heavy (non-hydrogen) atoms. The Bertz CT molecular complexity index is 1630. The normalized spacial score (nSPS) is 12.3. The van der Waals surface area contributed by atoms with E-state index in [0.717, 1.165) is 39.6 Å². The van der Waals surface area contributed by atoms with Gasteiger partial charge < -0.3 is 14.3 Å². The van der Waals surface area contributed by atoms with E-state index in [9.17, 15) is 41.0 Å². The van der Waals surface area contributed by atoms with Gasteiger partial charge in [-0.1, -0.05) is 13.3 Å². The van der Waals surface area contributed by atoms with Crippen LogP contribution in [-0.4, -0.2) is 20.8 Å². The molecule has 0 bridgehead atoms. The number of rotatable bonds is 10. The van der Waals surface area contributed by atoms with E-state index in [1.807, 2.05) is 6.92 Å². The SMILES string of the molecule is CCCc1c(OCCCCCn2c(O)cn(-c3ccc(C(F)(F)F)cc3)c2=O)ccc2c(C(F)(F)F)cc(=O)oc12. The lowest BCUT2D eigenvalue weighted by atomic mass is 10.0. The number of halogens is 6. The second kappa shape index (κ2) is 11.8. The Balaban J connectivity index is 1.38. The molecule has 0 aliphatic rings. The minimum Gasteiger partial charge on any atom is -0.493 e. The quantitative estimate of drug-likeness (QED) is 0.128. The molecule has 0 spiro atoms. The van der Waals surface area contributed by atoms with E-state index in [1.165, 1.54) is 12.1 Å². The Labute approximate surface area is 229 Å². The summed E-state index contributed by atoms with van der Waals surface area (Å²) >= 11 is 0. The summed E-state index contributed by atoms with van der Waals surface area (Å²) in [7, 11) is 0. The highest BCUT2D eigenvalue weighted by Crippen LogP contribution is 2.37. The van der Waals surface area contributed by atoms with E-state index < -0.39 is 34.8 Å². The highest BCUT2D eigenvalue weighted by atomic mass is 19.4. The molecule has 0 aliphatic carbocycles. The molecule has 0 atom stereocenters. The number of hydrogen-bond acceptors (Lipinski definition) is 5. The lowest BCUT2D eigenvalue weighted by Crippen LogP contribution is -2.23. The van der Waals surface area contributed by atoms with Crippen molar-refractivity contribution in [3.05, 3.63) is 86.3 Å². The average Bonchev–Trinajstić information content (AvgIpc) is 3.18. The second-order valence-corrected chi connectivity index (χ2v) is 9.39. The first-order valence-corrected chi connectivity index (χ1v) is 12.8. The molecule has 2 aromatic carbocycles. The van der Waals surface area contributed by atoms with E-state index in [2.05, 4.69) is 0 Å². The van der Waals surface area contributed by atoms with E-state index in [-0.39, 0.29) is 35.7 Å². The third-order valence-corrected chi connectivity index (χ3v) is 6.49. The molecule has 0 amide bonds. The summed E-state index contributed by atoms with van der Waals surface area (Å²) in [5.74, 6) is -0.0319. The first-order valence-electron chi connectivity index (χ1n) is 12.8. The van der Waals surface area contributed by atoms with Crippen LogP contribution in [0.1, 0.15) is 49.3 Å². The number of alkyl halides is 6. The Morgan fingerprint density at radius 2 is 1.63 bits per heavy atom. The van der Waals surface area contributed by atoms with Gasteiger partial charge in [0.05, 0.1) is 29.6 Å². The van der Waals surface area contributed by atoms with Crippen molar-refractivity contribution in [1.29, 1.82) is 0 Å². The highest BCUT2D eigenvalue weighted by Gasteiger charge is 2.34. The van der Waals surface area contributed by atoms with Gasteiger partial charge in [-0.2, -0.15) is 26.3 Å². The number of imidazole rings is 1. The van der Waals surface area contributed by atoms with Crippen LogP contribution in [0.3, 0.4) is 0 Å². The van der Waals surface area contributed by atoms with Crippen LogP contribution >= 0.6 is 0 Å². The van der Waals surface area contributed by atoms with E-state index in [1.54, 1.807) is 0 Å². The number of nitrogens with zero attached hydrogens (tertiary/aromatic N) is 2. The number of aromatic nitrogens is 2. The Morgan fingerprint density at radius 3 is 2.27 bits per heavy atom. The third-order valence-electron chi connectivity index (χ3n) is 6.49. The van der Waals surface area contributed by atoms with Gasteiger partial charge in [-0.25, -0.2) is 9.59 Å². The fourth-order valence-corrected chi connectivity index (χ4v) is 4.53. The molecule has 0 radical (unpaired) electrons. The van der Waals surface area contributed by atoms with Gasteiger partial charge in [0.1, 0.15) is 11.3 Å². The largest absolute Gasteiger partial charge is 0.493 e. The van der Waals surface area contributed by atoms with Crippen LogP contribution in [0.15, 0.2) is 62.7 Å². The van der Waals surface area contributed by atoms with Crippen LogP contribution in [0.2, 0.25) is 0 Å². The molecule has 1 N–H and O–H groups in total. The maximum Gasteiger partial charge on any atom is 0.417 e. The standard InChI is InChI=1S/C28H26F6N2O5/c1-2-6-20-22(12-11-19-21(28(32,33)34)15-24(38)41-25(19)20)40-14-5-3-4-13-35-23(37)16-36(26(35)39)18-9-7-17(8-10-18)27(29,30)31/h7-12,15-16,37H,2-6,13-14H2,1H3. The molecule has 0 unspecified atom stereocenters. The number of aromatic hydroxyl groups is 1. The van der Waals surface area contributed by atoms with Gasteiger partial charge in [0, 0.05) is 23.6 Å². The van der Waals surface area contributed by atoms with Crippen LogP contribution < -0.4 is 16.1 Å². The molecule has 7 nitrogen and oxygen atoms in total. The van der Waals surface area contributed by atoms with Crippen molar-refractivity contribution in [1.82, 2.24) is 9.13 Å². The molecule has 0 aliphatic heterocycles. The van der Waals surface area contributed by atoms with Crippen LogP contribution in [0.5, 0.6) is 11.6 Å². The van der Waals surface area contributed by atoms with Crippen molar-refractivity contribution in [3.8, 4) is 17.3 Å². The predicted molar refractivity (Wildman–Crippen MR) is 138 cm³/mol. The van der Waals surface area contributed by atoms with Gasteiger partial charge >= 0.3 is 23.7 Å². The number of benzene rings is 2. The number of aryl methyl sites for hydroxylation is 1. The molecule has 0 fully saturated rings. The first-order chi connectivity index (χ1) is 19.3. The highest BCUT2D eigenvalue weighted by molar-refractivity contribution is 5.85. The van der Waals surface area contributed by atoms with Crippen molar-refractivity contribution >= 4 is 11.0 Å². The summed E-state index contributed by atoms with van der Waals surface area (Å²) < 4.78 is 91.9. The number of ether oxygens (including phenoxy) is 1. The minimum atomic E-state index is -4.73. The molecular formula is C28H26F6N2O5. The number of fused-ring (bicyclic) bond motifs is 1. The van der Waals surface area contributed by atoms with E-state index in [4.69, 9.17) is 9.15 Å². The van der Waals surface area contributed by atoms with Gasteiger partial charge in [-0.15, -0.1) is 0 Å². The lowest BCUT2D eigenvalue weighted by molar-refractivity contribution is -0.138. The van der Waals surface area contributed by atoms with Gasteiger partial charge in [0.15, 0.2) is 0 Å². The topological polar surface area (TPSA) is 86.6 Å². The maximum absolute atomic E-state index is 13.5. The second-order valence-electron chi connectivity index (χ2n) is 9.39. The van der Waals surface area contributed by atoms with Crippen molar-refractivity contribution in [3.63, 3.8) is 0 Å². The summed E-state index contributed by atoms with van der Waals surface area (Å²) in [6.07, 6.45) is -5.70. The summed E-state index contributed by atoms with van der Waals surface area (Å²) in [4.78, 5) is 24.6. The van der Waals surface area contributed by atoms with E-state index in [0.29, 0.717) is 49.5 Å². The summed E-state index contributed by atoms with van der Waals surface area (Å²) in [6, 6.07) is 7.04. The molecule has 220 valence electrons. The molecular weight excluding hydrogens is 558 g/mol. The van der Waals surface area contributed by atoms with Crippen molar-refractivity contribution in [2.45, 2.75) is 57.9 Å². The van der Waals surface area contributed by atoms with Crippen molar-refractivity contribution < 1.29 is 40.6 Å². The average molecular weight is 585 g/mol. The van der Waals surface area contributed by atoms with Crippen molar-refractivity contribution in [2.75, 3.05) is 6.61 Å². The number of hydrogen-bond donors (Lipinski definition) is 1. The Hall–Kier alpha value is -4.16. The Kier molecular flexibility index (Phi) is 8.55. The zero-order chi connectivity index (χ0) is 29.9. The van der Waals surface area contributed by atoms with Gasteiger partial charge in [-0.3, -0.25) is 9.13 Å². The van der Waals surface area contributed by atoms with E-state index >= 15 is 0 Å². The predicted octanol–water partition coefficient (Wildman–Crippen LogP) is 6.69. The van der Waals surface area contributed by atoms with Gasteiger partial charge in [-0.05, 0) is 62.1 Å². The summed E-state index contributed by atoms with van der Waals surface area (Å²) in [6.45, 7) is 2.16. The maximum atomic E-state index is 13.5. The Morgan fingerprint density at radius 1 is 0.927 bits per heavy atom. The lowest BCUT2D eigenvalue weighted by Gasteiger charge is -2.15. The minimum absolute atomic E-state index is 0.140. The first kappa shape index (κ1) is 29.8. The summed E-state index contributed by atoms with van der Waals surface area (Å²) in [5.41, 5.74) is -3.27. The van der Waals surface area contributed by atoms with Crippen LogP contribution in [-0.2, 0) is 25.3 Å². The van der Waals surface area contributed by atoms with Gasteiger partial charge in [0.2, 0.25) is 5.88 Å². The smallest absolute Gasteiger partial charge is 0.417 e. The fraction of sp³-hybridized carbons (Fsp3) is 0.357. The molecule has 13 heteroatoms. The molecule has 2 heterocycles. The van der Waals surface area contributed by atoms with Crippen LogP contribution in [0, 0.1) is 0 Å². The molecule has 4 rings (SSSR count). The molecule has 0 saturated carbocycles. The monoisotopic (exact) mass is 584 g/mol. The molecule has 2 aromatic heterocycles. The van der Waals surface area contributed by atoms with Crippen molar-refractivity contribution in [2.24, 2.45) is 0 Å². The third kappa shape index (κ3) is 6.60. The molecule has 0 saturated heterocycles. The zero-order valence-electron chi connectivity index (χ0n) is 21.8. The van der Waals surface area contributed by atoms with Crippen LogP contribution in [0.25, 0.3) is 16.7 Å². The zero-order valence-corrected chi connectivity index (χ0v) is 21.8. The fourth-order valence-electron chi connectivity index (χ4n) is 4.53. The van der Waals surface area contributed by atoms with Crippen LogP contribution in [0.4, 0.5) is 26.3 Å². The van der Waals surface area contributed by atoms with Gasteiger partial charge in [0.25, 0.3) is 0 Å².